The van der Waals surface area contributed by atoms with E-state index in [9.17, 15) is 17.6 Å². The molecule has 0 heterocycles. The fraction of sp³-hybridized carbons (Fsp3) is 0.136. The first-order chi connectivity index (χ1) is 14.3. The summed E-state index contributed by atoms with van der Waals surface area (Å²) in [7, 11) is -2.72. The summed E-state index contributed by atoms with van der Waals surface area (Å²) >= 11 is 0. The van der Waals surface area contributed by atoms with Crippen LogP contribution in [0.25, 0.3) is 0 Å². The van der Waals surface area contributed by atoms with Gasteiger partial charge in [0, 0.05) is 0 Å². The minimum atomic E-state index is -4.19. The topological polar surface area (TPSA) is 75.7 Å². The van der Waals surface area contributed by atoms with Crippen molar-refractivity contribution in [3.8, 4) is 5.75 Å². The molecule has 0 aromatic heterocycles. The molecule has 0 radical (unpaired) electrons. The van der Waals surface area contributed by atoms with Gasteiger partial charge in [-0.15, -0.1) is 0 Å². The number of hydrogen-bond acceptors (Lipinski definition) is 4. The Kier molecular flexibility index (Phi) is 6.37. The number of nitrogens with one attached hydrogen (secondary N) is 1. The molecular weight excluding hydrogens is 407 g/mol. The molecule has 1 N–H and O–H groups in total. The van der Waals surface area contributed by atoms with Crippen LogP contribution in [0.5, 0.6) is 5.75 Å². The Hall–Kier alpha value is -3.39. The van der Waals surface area contributed by atoms with Crippen molar-refractivity contribution < 1.29 is 22.3 Å². The fourth-order valence-electron chi connectivity index (χ4n) is 2.91. The third-order valence-electron chi connectivity index (χ3n) is 4.37. The lowest BCUT2D eigenvalue weighted by Gasteiger charge is -2.24. The summed E-state index contributed by atoms with van der Waals surface area (Å²) in [5, 5.41) is 2.65. The van der Waals surface area contributed by atoms with Gasteiger partial charge in [-0.1, -0.05) is 36.4 Å². The summed E-state index contributed by atoms with van der Waals surface area (Å²) in [4.78, 5) is 12.7. The number of anilines is 2. The molecule has 3 aromatic rings. The van der Waals surface area contributed by atoms with Crippen LogP contribution in [-0.4, -0.2) is 28.0 Å². The van der Waals surface area contributed by atoms with Crippen LogP contribution in [0.15, 0.2) is 77.7 Å². The lowest BCUT2D eigenvalue weighted by Crippen LogP contribution is -2.38. The smallest absolute Gasteiger partial charge is 0.264 e. The molecule has 3 rings (SSSR count). The second kappa shape index (κ2) is 8.96. The van der Waals surface area contributed by atoms with Crippen molar-refractivity contribution in [2.75, 3.05) is 23.3 Å². The van der Waals surface area contributed by atoms with Crippen LogP contribution >= 0.6 is 0 Å². The number of hydrogen-bond donors (Lipinski definition) is 1. The van der Waals surface area contributed by atoms with Gasteiger partial charge >= 0.3 is 0 Å². The van der Waals surface area contributed by atoms with Gasteiger partial charge in [0.15, 0.2) is 0 Å². The molecule has 6 nitrogen and oxygen atoms in total. The van der Waals surface area contributed by atoms with Crippen molar-refractivity contribution >= 4 is 27.3 Å². The van der Waals surface area contributed by atoms with Crippen molar-refractivity contribution in [2.45, 2.75) is 11.8 Å². The van der Waals surface area contributed by atoms with Gasteiger partial charge in [0.1, 0.15) is 18.1 Å². The van der Waals surface area contributed by atoms with Gasteiger partial charge in [-0.2, -0.15) is 0 Å². The molecule has 0 aliphatic carbocycles. The number of sulfonamides is 1. The SMILES string of the molecule is COc1ccc(C)cc1NC(=O)CN(c1ccccc1F)S(=O)(=O)c1ccccc1. The number of methoxy groups -OCH3 is 1. The Labute approximate surface area is 175 Å². The molecule has 0 aliphatic heterocycles. The number of amides is 1. The molecule has 0 fully saturated rings. The summed E-state index contributed by atoms with van der Waals surface area (Å²) in [6.45, 7) is 1.23. The van der Waals surface area contributed by atoms with Crippen LogP contribution in [0.4, 0.5) is 15.8 Å². The van der Waals surface area contributed by atoms with Gasteiger partial charge < -0.3 is 10.1 Å². The summed E-state index contributed by atoms with van der Waals surface area (Å²) in [5.74, 6) is -0.961. The minimum Gasteiger partial charge on any atom is -0.495 e. The average Bonchev–Trinajstić information content (AvgIpc) is 2.73. The van der Waals surface area contributed by atoms with Crippen LogP contribution in [0.3, 0.4) is 0 Å². The van der Waals surface area contributed by atoms with Gasteiger partial charge in [0.2, 0.25) is 5.91 Å². The maximum Gasteiger partial charge on any atom is 0.264 e. The van der Waals surface area contributed by atoms with E-state index < -0.39 is 28.3 Å². The average molecular weight is 428 g/mol. The normalized spacial score (nSPS) is 11.0. The summed E-state index contributed by atoms with van der Waals surface area (Å²) in [6, 6.07) is 18.2. The monoisotopic (exact) mass is 428 g/mol. The predicted octanol–water partition coefficient (Wildman–Crippen LogP) is 3.98. The van der Waals surface area contributed by atoms with Crippen LogP contribution in [0.2, 0.25) is 0 Å². The van der Waals surface area contributed by atoms with E-state index in [0.29, 0.717) is 11.4 Å². The molecule has 156 valence electrons. The molecule has 8 heteroatoms. The number of para-hydroxylation sites is 1. The van der Waals surface area contributed by atoms with Gasteiger partial charge in [-0.25, -0.2) is 12.8 Å². The van der Waals surface area contributed by atoms with E-state index >= 15 is 0 Å². The quantitative estimate of drug-likeness (QED) is 0.618. The third kappa shape index (κ3) is 4.60. The Bertz CT molecular complexity index is 1150. The lowest BCUT2D eigenvalue weighted by molar-refractivity contribution is -0.114. The maximum absolute atomic E-state index is 14.5. The number of aryl methyl sites for hydroxylation is 1. The fourth-order valence-corrected chi connectivity index (χ4v) is 4.36. The minimum absolute atomic E-state index is 0.0470. The Balaban J connectivity index is 1.97. The zero-order valence-corrected chi connectivity index (χ0v) is 17.3. The third-order valence-corrected chi connectivity index (χ3v) is 6.14. The van der Waals surface area contributed by atoms with Crippen molar-refractivity contribution in [1.29, 1.82) is 0 Å². The molecule has 0 unspecified atom stereocenters. The maximum atomic E-state index is 14.5. The van der Waals surface area contributed by atoms with Crippen LogP contribution in [0, 0.1) is 12.7 Å². The van der Waals surface area contributed by atoms with E-state index in [-0.39, 0.29) is 10.6 Å². The second-order valence-corrected chi connectivity index (χ2v) is 8.39. The number of benzene rings is 3. The Morgan fingerprint density at radius 2 is 1.70 bits per heavy atom. The molecule has 0 saturated heterocycles. The predicted molar refractivity (Wildman–Crippen MR) is 114 cm³/mol. The first-order valence-electron chi connectivity index (χ1n) is 9.09. The molecular formula is C22H21FN2O4S. The van der Waals surface area contributed by atoms with Crippen molar-refractivity contribution in [2.24, 2.45) is 0 Å². The molecule has 3 aromatic carbocycles. The first-order valence-corrected chi connectivity index (χ1v) is 10.5. The van der Waals surface area contributed by atoms with E-state index in [1.165, 1.54) is 37.4 Å². The van der Waals surface area contributed by atoms with Gasteiger partial charge in [0.25, 0.3) is 10.0 Å². The number of ether oxygens (including phenoxy) is 1. The molecule has 1 amide bonds. The van der Waals surface area contributed by atoms with E-state index in [0.717, 1.165) is 15.9 Å². The van der Waals surface area contributed by atoms with Gasteiger partial charge in [-0.05, 0) is 48.9 Å². The highest BCUT2D eigenvalue weighted by Crippen LogP contribution is 2.28. The van der Waals surface area contributed by atoms with Gasteiger partial charge in [-0.3, -0.25) is 9.10 Å². The molecule has 0 spiro atoms. The number of carbonyl (C=O) groups excluding carboxylic acids is 1. The standard InChI is InChI=1S/C22H21FN2O4S/c1-16-12-13-21(29-2)19(14-16)24-22(26)15-25(20-11-7-6-10-18(20)23)30(27,28)17-8-4-3-5-9-17/h3-14H,15H2,1-2H3,(H,24,26). The second-order valence-electron chi connectivity index (χ2n) is 6.53. The van der Waals surface area contributed by atoms with Crippen molar-refractivity contribution in [1.82, 2.24) is 0 Å². The highest BCUT2D eigenvalue weighted by molar-refractivity contribution is 7.92. The number of rotatable bonds is 7. The van der Waals surface area contributed by atoms with E-state index in [4.69, 9.17) is 4.74 Å². The number of halogens is 1. The van der Waals surface area contributed by atoms with Crippen LogP contribution in [0.1, 0.15) is 5.56 Å². The van der Waals surface area contributed by atoms with Crippen LogP contribution in [-0.2, 0) is 14.8 Å². The zero-order valence-electron chi connectivity index (χ0n) is 16.5. The van der Waals surface area contributed by atoms with E-state index in [1.54, 1.807) is 30.3 Å². The first kappa shape index (κ1) is 21.3. The van der Waals surface area contributed by atoms with Crippen LogP contribution < -0.4 is 14.4 Å². The molecule has 0 saturated carbocycles. The zero-order chi connectivity index (χ0) is 21.7. The largest absolute Gasteiger partial charge is 0.495 e. The highest BCUT2D eigenvalue weighted by atomic mass is 32.2. The molecule has 0 bridgehead atoms. The van der Waals surface area contributed by atoms with Crippen molar-refractivity contribution in [3.05, 3.63) is 84.2 Å². The van der Waals surface area contributed by atoms with Crippen molar-refractivity contribution in [3.63, 3.8) is 0 Å². The van der Waals surface area contributed by atoms with E-state index in [1.807, 2.05) is 13.0 Å². The number of nitrogens with zero attached hydrogens (tertiary/aromatic N) is 1. The van der Waals surface area contributed by atoms with E-state index in [2.05, 4.69) is 5.32 Å². The lowest BCUT2D eigenvalue weighted by atomic mass is 10.2. The molecule has 30 heavy (non-hydrogen) atoms. The number of carbonyl (C=O) groups is 1. The summed E-state index contributed by atoms with van der Waals surface area (Å²) in [5.41, 5.74) is 1.06. The molecule has 0 aliphatic rings. The Morgan fingerprint density at radius 1 is 1.03 bits per heavy atom. The Morgan fingerprint density at radius 3 is 2.37 bits per heavy atom. The van der Waals surface area contributed by atoms with Gasteiger partial charge in [0.05, 0.1) is 23.4 Å². The molecule has 0 atom stereocenters. The highest BCUT2D eigenvalue weighted by Gasteiger charge is 2.29. The summed E-state index contributed by atoms with van der Waals surface area (Å²) < 4.78 is 46.9. The summed E-state index contributed by atoms with van der Waals surface area (Å²) in [6.07, 6.45) is 0.